The molecule has 1 N–H and O–H groups in total. The molecule has 1 aromatic heterocycles. The third-order valence-electron chi connectivity index (χ3n) is 2.85. The van der Waals surface area contributed by atoms with E-state index in [1.165, 1.54) is 24.5 Å². The highest BCUT2D eigenvalue weighted by Crippen LogP contribution is 2.26. The van der Waals surface area contributed by atoms with Crippen LogP contribution in [0.15, 0.2) is 47.1 Å². The van der Waals surface area contributed by atoms with E-state index in [1.807, 2.05) is 0 Å². The lowest BCUT2D eigenvalue weighted by Gasteiger charge is -2.13. The van der Waals surface area contributed by atoms with Crippen LogP contribution in [-0.4, -0.2) is 12.3 Å². The highest BCUT2D eigenvalue weighted by Gasteiger charge is 2.31. The highest BCUT2D eigenvalue weighted by molar-refractivity contribution is 5.76. The quantitative estimate of drug-likeness (QED) is 0.889. The summed E-state index contributed by atoms with van der Waals surface area (Å²) in [4.78, 5) is 11.7. The van der Waals surface area contributed by atoms with Gasteiger partial charge in [-0.15, -0.1) is 13.2 Å². The maximum Gasteiger partial charge on any atom is 0.573 e. The van der Waals surface area contributed by atoms with E-state index in [1.54, 1.807) is 18.2 Å². The van der Waals surface area contributed by atoms with Crippen LogP contribution in [0.25, 0.3) is 0 Å². The van der Waals surface area contributed by atoms with Crippen molar-refractivity contribution < 1.29 is 27.1 Å². The molecular weight excluding hydrogens is 299 g/mol. The summed E-state index contributed by atoms with van der Waals surface area (Å²) in [5.74, 6) is 0.0792. The van der Waals surface area contributed by atoms with Crippen molar-refractivity contribution in [3.8, 4) is 5.75 Å². The van der Waals surface area contributed by atoms with Crippen LogP contribution in [0, 0.1) is 0 Å². The minimum atomic E-state index is -4.76. The van der Waals surface area contributed by atoms with Crippen molar-refractivity contribution in [3.05, 3.63) is 54.0 Å². The number of para-hydroxylation sites is 1. The van der Waals surface area contributed by atoms with Gasteiger partial charge in [0, 0.05) is 24.9 Å². The Morgan fingerprint density at radius 1 is 1.18 bits per heavy atom. The van der Waals surface area contributed by atoms with E-state index in [0.717, 1.165) is 0 Å². The third kappa shape index (κ3) is 5.16. The van der Waals surface area contributed by atoms with Gasteiger partial charge >= 0.3 is 6.36 Å². The lowest BCUT2D eigenvalue weighted by molar-refractivity contribution is -0.274. The number of hydrogen-bond acceptors (Lipinski definition) is 3. The molecule has 0 radical (unpaired) electrons. The molecule has 0 atom stereocenters. The van der Waals surface area contributed by atoms with Gasteiger partial charge in [0.05, 0.1) is 6.26 Å². The summed E-state index contributed by atoms with van der Waals surface area (Å²) in [5.41, 5.74) is 0.256. The Morgan fingerprint density at radius 2 is 1.95 bits per heavy atom. The van der Waals surface area contributed by atoms with Gasteiger partial charge in [-0.3, -0.25) is 4.79 Å². The molecule has 7 heteroatoms. The number of ether oxygens (including phenoxy) is 1. The number of aryl methyl sites for hydroxylation is 1. The number of rotatable bonds is 6. The molecule has 1 aromatic carbocycles. The van der Waals surface area contributed by atoms with Crippen LogP contribution in [0.1, 0.15) is 17.7 Å². The summed E-state index contributed by atoms with van der Waals surface area (Å²) in [6, 6.07) is 9.15. The zero-order chi connectivity index (χ0) is 16.0. The second-order valence-corrected chi connectivity index (χ2v) is 4.51. The summed E-state index contributed by atoms with van der Waals surface area (Å²) in [6.07, 6.45) is -2.63. The molecule has 0 aliphatic rings. The fourth-order valence-corrected chi connectivity index (χ4v) is 1.85. The Kier molecular flexibility index (Phi) is 5.08. The number of halogens is 3. The van der Waals surface area contributed by atoms with Crippen molar-refractivity contribution in [1.82, 2.24) is 5.32 Å². The molecule has 22 heavy (non-hydrogen) atoms. The SMILES string of the molecule is O=C(CCc1ccco1)NCc1ccccc1OC(F)(F)F. The predicted molar refractivity (Wildman–Crippen MR) is 72.0 cm³/mol. The smallest absolute Gasteiger partial charge is 0.469 e. The molecule has 2 aromatic rings. The first kappa shape index (κ1) is 15.9. The largest absolute Gasteiger partial charge is 0.573 e. The first-order valence-corrected chi connectivity index (χ1v) is 6.57. The standard InChI is InChI=1S/C15H14F3NO3/c16-15(17,18)22-13-6-2-1-4-11(13)10-19-14(20)8-7-12-5-3-9-21-12/h1-6,9H,7-8,10H2,(H,19,20). The average Bonchev–Trinajstić information content (AvgIpc) is 2.96. The van der Waals surface area contributed by atoms with Crippen LogP contribution >= 0.6 is 0 Å². The first-order chi connectivity index (χ1) is 10.4. The number of furan rings is 1. The van der Waals surface area contributed by atoms with Gasteiger partial charge < -0.3 is 14.5 Å². The molecule has 1 heterocycles. The van der Waals surface area contributed by atoms with Crippen LogP contribution in [0.4, 0.5) is 13.2 Å². The Labute approximate surface area is 124 Å². The Bertz CT molecular complexity index is 609. The average molecular weight is 313 g/mol. The van der Waals surface area contributed by atoms with Gasteiger partial charge in [-0.05, 0) is 18.2 Å². The second kappa shape index (κ2) is 7.02. The van der Waals surface area contributed by atoms with Gasteiger partial charge in [0.25, 0.3) is 0 Å². The van der Waals surface area contributed by atoms with Gasteiger partial charge in [0.2, 0.25) is 5.91 Å². The molecule has 0 saturated carbocycles. The van der Waals surface area contributed by atoms with E-state index in [0.29, 0.717) is 12.2 Å². The zero-order valence-corrected chi connectivity index (χ0v) is 11.5. The lowest BCUT2D eigenvalue weighted by Crippen LogP contribution is -2.24. The van der Waals surface area contributed by atoms with Crippen molar-refractivity contribution in [2.75, 3.05) is 0 Å². The fourth-order valence-electron chi connectivity index (χ4n) is 1.85. The maximum absolute atomic E-state index is 12.3. The van der Waals surface area contributed by atoms with E-state index in [-0.39, 0.29) is 30.2 Å². The predicted octanol–water partition coefficient (Wildman–Crippen LogP) is 3.43. The summed E-state index contributed by atoms with van der Waals surface area (Å²) in [6.45, 7) is -0.0385. The van der Waals surface area contributed by atoms with Crippen LogP contribution in [0.2, 0.25) is 0 Å². The Morgan fingerprint density at radius 3 is 2.64 bits per heavy atom. The minimum Gasteiger partial charge on any atom is -0.469 e. The number of carbonyl (C=O) groups is 1. The molecule has 1 amide bonds. The molecule has 4 nitrogen and oxygen atoms in total. The highest BCUT2D eigenvalue weighted by atomic mass is 19.4. The van der Waals surface area contributed by atoms with Gasteiger partial charge in [-0.1, -0.05) is 18.2 Å². The fraction of sp³-hybridized carbons (Fsp3) is 0.267. The number of benzene rings is 1. The van der Waals surface area contributed by atoms with E-state index >= 15 is 0 Å². The lowest BCUT2D eigenvalue weighted by atomic mass is 10.2. The molecular formula is C15H14F3NO3. The molecule has 0 spiro atoms. The molecule has 0 bridgehead atoms. The van der Waals surface area contributed by atoms with Crippen LogP contribution in [0.3, 0.4) is 0 Å². The van der Waals surface area contributed by atoms with E-state index in [2.05, 4.69) is 10.1 Å². The molecule has 0 saturated heterocycles. The summed E-state index contributed by atoms with van der Waals surface area (Å²) in [5, 5.41) is 2.56. The molecule has 0 unspecified atom stereocenters. The third-order valence-corrected chi connectivity index (χ3v) is 2.85. The van der Waals surface area contributed by atoms with Crippen molar-refractivity contribution in [2.24, 2.45) is 0 Å². The van der Waals surface area contributed by atoms with Crippen molar-refractivity contribution in [1.29, 1.82) is 0 Å². The summed E-state index contributed by atoms with van der Waals surface area (Å²) < 4.78 is 45.8. The zero-order valence-electron chi connectivity index (χ0n) is 11.5. The number of hydrogen-bond donors (Lipinski definition) is 1. The molecule has 0 fully saturated rings. The number of amides is 1. The Balaban J connectivity index is 1.87. The van der Waals surface area contributed by atoms with Gasteiger partial charge in [0.15, 0.2) is 0 Å². The van der Waals surface area contributed by atoms with Gasteiger partial charge in [0.1, 0.15) is 11.5 Å². The number of alkyl halides is 3. The van der Waals surface area contributed by atoms with E-state index in [9.17, 15) is 18.0 Å². The summed E-state index contributed by atoms with van der Waals surface area (Å²) in [7, 11) is 0. The normalized spacial score (nSPS) is 11.2. The van der Waals surface area contributed by atoms with Crippen LogP contribution < -0.4 is 10.1 Å². The minimum absolute atomic E-state index is 0.0385. The van der Waals surface area contributed by atoms with E-state index < -0.39 is 6.36 Å². The monoisotopic (exact) mass is 313 g/mol. The van der Waals surface area contributed by atoms with Gasteiger partial charge in [-0.25, -0.2) is 0 Å². The van der Waals surface area contributed by atoms with E-state index in [4.69, 9.17) is 4.42 Å². The van der Waals surface area contributed by atoms with Crippen molar-refractivity contribution >= 4 is 5.91 Å². The Hall–Kier alpha value is -2.44. The maximum atomic E-state index is 12.3. The van der Waals surface area contributed by atoms with Crippen molar-refractivity contribution in [3.63, 3.8) is 0 Å². The molecule has 0 aliphatic heterocycles. The molecule has 0 aliphatic carbocycles. The first-order valence-electron chi connectivity index (χ1n) is 6.57. The van der Waals surface area contributed by atoms with Gasteiger partial charge in [-0.2, -0.15) is 0 Å². The summed E-state index contributed by atoms with van der Waals surface area (Å²) >= 11 is 0. The van der Waals surface area contributed by atoms with Crippen molar-refractivity contribution in [2.45, 2.75) is 25.7 Å². The number of carbonyl (C=O) groups excluding carboxylic acids is 1. The molecule has 2 rings (SSSR count). The van der Waals surface area contributed by atoms with Crippen LogP contribution in [0.5, 0.6) is 5.75 Å². The van der Waals surface area contributed by atoms with Crippen LogP contribution in [-0.2, 0) is 17.8 Å². The number of nitrogens with one attached hydrogen (secondary N) is 1. The molecule has 118 valence electrons. The topological polar surface area (TPSA) is 51.5 Å². The second-order valence-electron chi connectivity index (χ2n) is 4.51.